The molecule has 5 heteroatoms. The summed E-state index contributed by atoms with van der Waals surface area (Å²) >= 11 is 0. The quantitative estimate of drug-likeness (QED) is 0.857. The topological polar surface area (TPSA) is 73.6 Å². The largest absolute Gasteiger partial charge is 0.486 e. The molecule has 2 rings (SSSR count). The Labute approximate surface area is 119 Å². The third-order valence-electron chi connectivity index (χ3n) is 3.18. The summed E-state index contributed by atoms with van der Waals surface area (Å²) in [7, 11) is 0. The second-order valence-electron chi connectivity index (χ2n) is 5.39. The summed E-state index contributed by atoms with van der Waals surface area (Å²) in [5.74, 6) is 1.67. The van der Waals surface area contributed by atoms with Gasteiger partial charge in [0.05, 0.1) is 0 Å². The van der Waals surface area contributed by atoms with Crippen LogP contribution in [0.25, 0.3) is 0 Å². The van der Waals surface area contributed by atoms with Gasteiger partial charge in [-0.2, -0.15) is 0 Å². The maximum absolute atomic E-state index is 12.2. The van der Waals surface area contributed by atoms with Crippen molar-refractivity contribution in [1.29, 1.82) is 0 Å². The molecule has 1 aromatic carbocycles. The number of nitrogens with one attached hydrogen (secondary N) is 1. The van der Waals surface area contributed by atoms with Gasteiger partial charge in [0.2, 0.25) is 0 Å². The molecule has 1 aliphatic rings. The lowest BCUT2D eigenvalue weighted by Gasteiger charge is -2.21. The Morgan fingerprint density at radius 3 is 2.65 bits per heavy atom. The Bertz CT molecular complexity index is 474. The average Bonchev–Trinajstić information content (AvgIpc) is 2.45. The van der Waals surface area contributed by atoms with Gasteiger partial charge in [0.25, 0.3) is 5.91 Å². The van der Waals surface area contributed by atoms with Crippen LogP contribution < -0.4 is 20.5 Å². The van der Waals surface area contributed by atoms with Crippen LogP contribution in [-0.4, -0.2) is 31.7 Å². The van der Waals surface area contributed by atoms with Gasteiger partial charge in [-0.05, 0) is 30.5 Å². The van der Waals surface area contributed by atoms with Gasteiger partial charge in [-0.1, -0.05) is 13.8 Å². The summed E-state index contributed by atoms with van der Waals surface area (Å²) < 4.78 is 10.9. The van der Waals surface area contributed by atoms with Crippen LogP contribution in [0.3, 0.4) is 0 Å². The molecular weight excluding hydrogens is 256 g/mol. The van der Waals surface area contributed by atoms with E-state index < -0.39 is 0 Å². The van der Waals surface area contributed by atoms with Gasteiger partial charge >= 0.3 is 0 Å². The smallest absolute Gasteiger partial charge is 0.251 e. The standard InChI is InChI=1S/C15H22N2O3/c1-10(2)7-12(9-16)17-15(18)11-3-4-13-14(8-11)20-6-5-19-13/h3-4,8,10,12H,5-7,9,16H2,1-2H3,(H,17,18). The molecule has 0 saturated carbocycles. The van der Waals surface area contributed by atoms with Crippen LogP contribution in [-0.2, 0) is 0 Å². The first-order valence-corrected chi connectivity index (χ1v) is 7.00. The lowest BCUT2D eigenvalue weighted by molar-refractivity contribution is 0.0932. The predicted octanol–water partition coefficient (Wildman–Crippen LogP) is 1.56. The van der Waals surface area contributed by atoms with E-state index in [1.165, 1.54) is 0 Å². The molecule has 1 aliphatic heterocycles. The minimum absolute atomic E-state index is 0.00398. The van der Waals surface area contributed by atoms with Gasteiger partial charge in [-0.25, -0.2) is 0 Å². The highest BCUT2D eigenvalue weighted by atomic mass is 16.6. The Kier molecular flexibility index (Phi) is 4.84. The summed E-state index contributed by atoms with van der Waals surface area (Å²) in [6, 6.07) is 5.22. The number of carbonyl (C=O) groups is 1. The number of rotatable bonds is 5. The monoisotopic (exact) mass is 278 g/mol. The number of amides is 1. The van der Waals surface area contributed by atoms with E-state index in [4.69, 9.17) is 15.2 Å². The summed E-state index contributed by atoms with van der Waals surface area (Å²) in [5, 5.41) is 2.96. The molecule has 1 aromatic rings. The van der Waals surface area contributed by atoms with Crippen LogP contribution in [0, 0.1) is 5.92 Å². The van der Waals surface area contributed by atoms with E-state index in [1.807, 2.05) is 0 Å². The fraction of sp³-hybridized carbons (Fsp3) is 0.533. The van der Waals surface area contributed by atoms with E-state index in [9.17, 15) is 4.79 Å². The van der Waals surface area contributed by atoms with Crippen molar-refractivity contribution in [2.45, 2.75) is 26.3 Å². The van der Waals surface area contributed by atoms with Crippen molar-refractivity contribution >= 4 is 5.91 Å². The molecule has 1 atom stereocenters. The Morgan fingerprint density at radius 2 is 2.00 bits per heavy atom. The highest BCUT2D eigenvalue weighted by Gasteiger charge is 2.17. The van der Waals surface area contributed by atoms with Gasteiger partial charge < -0.3 is 20.5 Å². The summed E-state index contributed by atoms with van der Waals surface area (Å²) in [6.07, 6.45) is 0.868. The van der Waals surface area contributed by atoms with Crippen LogP contribution in [0.4, 0.5) is 0 Å². The fourth-order valence-corrected chi connectivity index (χ4v) is 2.24. The normalized spacial score (nSPS) is 15.0. The van der Waals surface area contributed by atoms with Crippen LogP contribution >= 0.6 is 0 Å². The zero-order valence-electron chi connectivity index (χ0n) is 12.0. The van der Waals surface area contributed by atoms with E-state index in [-0.39, 0.29) is 11.9 Å². The van der Waals surface area contributed by atoms with Crippen molar-refractivity contribution in [2.24, 2.45) is 11.7 Å². The molecule has 110 valence electrons. The second kappa shape index (κ2) is 6.61. The summed E-state index contributed by atoms with van der Waals surface area (Å²) in [5.41, 5.74) is 6.27. The van der Waals surface area contributed by atoms with Crippen molar-refractivity contribution < 1.29 is 14.3 Å². The summed E-state index contributed by atoms with van der Waals surface area (Å²) in [6.45, 7) is 5.71. The highest BCUT2D eigenvalue weighted by molar-refractivity contribution is 5.95. The molecule has 0 aliphatic carbocycles. The Morgan fingerprint density at radius 1 is 1.30 bits per heavy atom. The molecule has 0 fully saturated rings. The number of hydrogen-bond acceptors (Lipinski definition) is 4. The van der Waals surface area contributed by atoms with Crippen LogP contribution in [0.2, 0.25) is 0 Å². The first kappa shape index (κ1) is 14.7. The van der Waals surface area contributed by atoms with Gasteiger partial charge in [-0.3, -0.25) is 4.79 Å². The number of benzene rings is 1. The van der Waals surface area contributed by atoms with E-state index in [2.05, 4.69) is 19.2 Å². The molecule has 1 unspecified atom stereocenters. The molecular formula is C15H22N2O3. The van der Waals surface area contributed by atoms with Gasteiger partial charge in [0.1, 0.15) is 13.2 Å². The highest BCUT2D eigenvalue weighted by Crippen LogP contribution is 2.30. The minimum Gasteiger partial charge on any atom is -0.486 e. The van der Waals surface area contributed by atoms with E-state index in [1.54, 1.807) is 18.2 Å². The third-order valence-corrected chi connectivity index (χ3v) is 3.18. The zero-order chi connectivity index (χ0) is 14.5. The maximum atomic E-state index is 12.2. The van der Waals surface area contributed by atoms with Crippen LogP contribution in [0.15, 0.2) is 18.2 Å². The molecule has 20 heavy (non-hydrogen) atoms. The van der Waals surface area contributed by atoms with Crippen molar-refractivity contribution in [2.75, 3.05) is 19.8 Å². The van der Waals surface area contributed by atoms with Crippen molar-refractivity contribution in [3.8, 4) is 11.5 Å². The first-order valence-electron chi connectivity index (χ1n) is 7.00. The fourth-order valence-electron chi connectivity index (χ4n) is 2.24. The molecule has 0 radical (unpaired) electrons. The second-order valence-corrected chi connectivity index (χ2v) is 5.39. The lowest BCUT2D eigenvalue weighted by Crippen LogP contribution is -2.41. The third kappa shape index (κ3) is 3.63. The first-order chi connectivity index (χ1) is 9.60. The molecule has 5 nitrogen and oxygen atoms in total. The molecule has 1 heterocycles. The van der Waals surface area contributed by atoms with E-state index in [0.29, 0.717) is 42.7 Å². The average molecular weight is 278 g/mol. The van der Waals surface area contributed by atoms with E-state index in [0.717, 1.165) is 6.42 Å². The number of fused-ring (bicyclic) bond motifs is 1. The van der Waals surface area contributed by atoms with E-state index >= 15 is 0 Å². The molecule has 0 bridgehead atoms. The number of hydrogen-bond donors (Lipinski definition) is 2. The lowest BCUT2D eigenvalue weighted by atomic mass is 10.0. The van der Waals surface area contributed by atoms with Crippen molar-refractivity contribution in [3.63, 3.8) is 0 Å². The van der Waals surface area contributed by atoms with Crippen molar-refractivity contribution in [3.05, 3.63) is 23.8 Å². The van der Waals surface area contributed by atoms with Gasteiger partial charge in [0, 0.05) is 18.2 Å². The molecule has 0 aromatic heterocycles. The SMILES string of the molecule is CC(C)CC(CN)NC(=O)c1ccc2c(c1)OCCO2. The van der Waals surface area contributed by atoms with Gasteiger partial charge in [0.15, 0.2) is 11.5 Å². The number of carbonyl (C=O) groups excluding carboxylic acids is 1. The Balaban J connectivity index is 2.05. The number of ether oxygens (including phenoxy) is 2. The predicted molar refractivity (Wildman–Crippen MR) is 77.2 cm³/mol. The number of nitrogens with two attached hydrogens (primary N) is 1. The maximum Gasteiger partial charge on any atom is 0.251 e. The minimum atomic E-state index is -0.127. The summed E-state index contributed by atoms with van der Waals surface area (Å²) in [4.78, 5) is 12.2. The van der Waals surface area contributed by atoms with Gasteiger partial charge in [-0.15, -0.1) is 0 Å². The molecule has 3 N–H and O–H groups in total. The molecule has 0 saturated heterocycles. The van der Waals surface area contributed by atoms with Crippen LogP contribution in [0.1, 0.15) is 30.6 Å². The molecule has 1 amide bonds. The molecule has 0 spiro atoms. The zero-order valence-corrected chi connectivity index (χ0v) is 12.0. The van der Waals surface area contributed by atoms with Crippen molar-refractivity contribution in [1.82, 2.24) is 5.32 Å². The Hall–Kier alpha value is -1.75. The van der Waals surface area contributed by atoms with Crippen LogP contribution in [0.5, 0.6) is 11.5 Å².